The average molecular weight is 481 g/mol. The van der Waals surface area contributed by atoms with Crippen molar-refractivity contribution in [3.8, 4) is 0 Å². The quantitative estimate of drug-likeness (QED) is 0.268. The smallest absolute Gasteiger partial charge is 0.320 e. The van der Waals surface area contributed by atoms with Gasteiger partial charge in [-0.2, -0.15) is 13.2 Å². The van der Waals surface area contributed by atoms with Gasteiger partial charge in [0.05, 0.1) is 21.0 Å². The van der Waals surface area contributed by atoms with Gasteiger partial charge in [0.2, 0.25) is 0 Å². The summed E-state index contributed by atoms with van der Waals surface area (Å²) in [6.45, 7) is 1.63. The fourth-order valence-corrected chi connectivity index (χ4v) is 3.54. The third-order valence-corrected chi connectivity index (χ3v) is 5.92. The second-order valence-corrected chi connectivity index (χ2v) is 8.36. The van der Waals surface area contributed by atoms with E-state index in [9.17, 15) is 22.4 Å². The van der Waals surface area contributed by atoms with Crippen molar-refractivity contribution in [1.29, 1.82) is 0 Å². The number of hydrogen-bond acceptors (Lipinski definition) is 1. The lowest BCUT2D eigenvalue weighted by atomic mass is 9.96. The SMILES string of the molecule is Cc1cc(/C=C/C(c2cc(Cl)c(Cl)c(Cl)c2)C(F)(F)F)ccc1C(=O)NC1(F)CC1. The maximum Gasteiger partial charge on any atom is 0.399 e. The summed E-state index contributed by atoms with van der Waals surface area (Å²) in [6.07, 6.45) is -1.77. The van der Waals surface area contributed by atoms with Gasteiger partial charge in [-0.3, -0.25) is 4.79 Å². The van der Waals surface area contributed by atoms with Gasteiger partial charge in [0.15, 0.2) is 5.79 Å². The fourth-order valence-electron chi connectivity index (χ4n) is 2.92. The Morgan fingerprint density at radius 3 is 2.23 bits per heavy atom. The molecule has 9 heteroatoms. The first-order valence-electron chi connectivity index (χ1n) is 8.91. The molecule has 0 saturated heterocycles. The third-order valence-electron chi connectivity index (χ3n) is 4.72. The van der Waals surface area contributed by atoms with Gasteiger partial charge in [-0.15, -0.1) is 0 Å². The van der Waals surface area contributed by atoms with Crippen molar-refractivity contribution in [2.45, 2.75) is 37.7 Å². The van der Waals surface area contributed by atoms with Crippen molar-refractivity contribution >= 4 is 46.8 Å². The molecule has 1 atom stereocenters. The van der Waals surface area contributed by atoms with E-state index in [1.807, 2.05) is 0 Å². The number of nitrogens with one attached hydrogen (secondary N) is 1. The molecule has 2 nitrogen and oxygen atoms in total. The minimum absolute atomic E-state index is 0.0160. The van der Waals surface area contributed by atoms with E-state index in [1.165, 1.54) is 18.2 Å². The zero-order valence-corrected chi connectivity index (χ0v) is 17.9. The van der Waals surface area contributed by atoms with Gasteiger partial charge in [0.25, 0.3) is 5.91 Å². The Bertz CT molecular complexity index is 993. The molecule has 1 amide bonds. The number of carbonyl (C=O) groups excluding carboxylic acids is 1. The number of amides is 1. The largest absolute Gasteiger partial charge is 0.399 e. The van der Waals surface area contributed by atoms with Crippen LogP contribution in [0.15, 0.2) is 36.4 Å². The molecule has 1 aliphatic rings. The molecule has 1 fully saturated rings. The van der Waals surface area contributed by atoms with Crippen LogP contribution in [0.4, 0.5) is 17.6 Å². The Balaban J connectivity index is 1.86. The summed E-state index contributed by atoms with van der Waals surface area (Å²) in [5, 5.41) is 2.14. The Labute approximate surface area is 185 Å². The summed E-state index contributed by atoms with van der Waals surface area (Å²) in [4.78, 5) is 12.2. The van der Waals surface area contributed by atoms with Crippen LogP contribution in [-0.2, 0) is 0 Å². The summed E-state index contributed by atoms with van der Waals surface area (Å²) >= 11 is 17.6. The molecule has 0 bridgehead atoms. The Morgan fingerprint density at radius 2 is 1.73 bits per heavy atom. The highest BCUT2D eigenvalue weighted by molar-refractivity contribution is 6.48. The van der Waals surface area contributed by atoms with Crippen LogP contribution in [0.25, 0.3) is 6.08 Å². The Hall–Kier alpha value is -1.76. The molecule has 1 aliphatic carbocycles. The van der Waals surface area contributed by atoms with Crippen molar-refractivity contribution in [2.75, 3.05) is 0 Å². The van der Waals surface area contributed by atoms with Crippen LogP contribution in [0.3, 0.4) is 0 Å². The summed E-state index contributed by atoms with van der Waals surface area (Å²) in [5.74, 6) is -4.17. The second-order valence-electron chi connectivity index (χ2n) is 7.17. The molecule has 1 unspecified atom stereocenters. The van der Waals surface area contributed by atoms with E-state index >= 15 is 0 Å². The Morgan fingerprint density at radius 1 is 1.13 bits per heavy atom. The van der Waals surface area contributed by atoms with E-state index in [4.69, 9.17) is 34.8 Å². The van der Waals surface area contributed by atoms with Crippen molar-refractivity contribution in [3.05, 3.63) is 73.7 Å². The molecular formula is C21H16Cl3F4NO. The molecule has 1 saturated carbocycles. The van der Waals surface area contributed by atoms with Gasteiger partial charge >= 0.3 is 6.18 Å². The number of hydrogen-bond donors (Lipinski definition) is 1. The summed E-state index contributed by atoms with van der Waals surface area (Å²) in [6, 6.07) is 6.75. The van der Waals surface area contributed by atoms with Gasteiger partial charge < -0.3 is 5.32 Å². The van der Waals surface area contributed by atoms with Crippen molar-refractivity contribution in [1.82, 2.24) is 5.32 Å². The normalized spacial score (nSPS) is 16.5. The van der Waals surface area contributed by atoms with Crippen LogP contribution in [0.5, 0.6) is 0 Å². The lowest BCUT2D eigenvalue weighted by molar-refractivity contribution is -0.139. The number of allylic oxidation sites excluding steroid dienone is 1. The summed E-state index contributed by atoms with van der Waals surface area (Å²) < 4.78 is 54.6. The topological polar surface area (TPSA) is 29.1 Å². The van der Waals surface area contributed by atoms with Gasteiger partial charge in [0, 0.05) is 18.4 Å². The first-order chi connectivity index (χ1) is 13.9. The van der Waals surface area contributed by atoms with Crippen LogP contribution >= 0.6 is 34.8 Å². The predicted molar refractivity (Wildman–Crippen MR) is 111 cm³/mol. The van der Waals surface area contributed by atoms with Gasteiger partial charge in [0.1, 0.15) is 0 Å². The molecule has 2 aromatic rings. The van der Waals surface area contributed by atoms with E-state index < -0.39 is 23.8 Å². The molecule has 1 N–H and O–H groups in total. The molecule has 0 aromatic heterocycles. The maximum atomic E-state index is 13.7. The highest BCUT2D eigenvalue weighted by atomic mass is 35.5. The molecule has 0 heterocycles. The number of aryl methyl sites for hydroxylation is 1. The number of rotatable bonds is 5. The minimum Gasteiger partial charge on any atom is -0.320 e. The van der Waals surface area contributed by atoms with Gasteiger partial charge in [-0.05, 0) is 41.8 Å². The van der Waals surface area contributed by atoms with Crippen LogP contribution < -0.4 is 5.32 Å². The van der Waals surface area contributed by atoms with E-state index in [-0.39, 0.29) is 39.0 Å². The van der Waals surface area contributed by atoms with E-state index in [2.05, 4.69) is 5.32 Å². The standard InChI is InChI=1S/C21H16Cl3F4NO/c1-11-8-12(2-4-14(11)19(30)29-20(25)6-7-20)3-5-15(21(26,27)28)13-9-16(22)18(24)17(23)10-13/h2-5,8-10,15H,6-7H2,1H3,(H,29,30)/b5-3+. The van der Waals surface area contributed by atoms with Crippen LogP contribution in [0, 0.1) is 6.92 Å². The van der Waals surface area contributed by atoms with Crippen LogP contribution in [-0.4, -0.2) is 17.9 Å². The van der Waals surface area contributed by atoms with Crippen LogP contribution in [0.2, 0.25) is 15.1 Å². The second kappa shape index (κ2) is 8.40. The predicted octanol–water partition coefficient (Wildman–Crippen LogP) is 7.50. The zero-order valence-electron chi connectivity index (χ0n) is 15.6. The first kappa shape index (κ1) is 22.9. The van der Waals surface area contributed by atoms with E-state index in [0.29, 0.717) is 11.1 Å². The Kier molecular flexibility index (Phi) is 6.42. The molecular weight excluding hydrogens is 465 g/mol. The molecule has 160 valence electrons. The molecule has 2 aromatic carbocycles. The van der Waals surface area contributed by atoms with Crippen molar-refractivity contribution < 1.29 is 22.4 Å². The van der Waals surface area contributed by atoms with Crippen molar-refractivity contribution in [3.63, 3.8) is 0 Å². The zero-order chi connectivity index (χ0) is 22.3. The lowest BCUT2D eigenvalue weighted by Gasteiger charge is -2.18. The van der Waals surface area contributed by atoms with E-state index in [1.54, 1.807) is 13.0 Å². The highest BCUT2D eigenvalue weighted by Crippen LogP contribution is 2.41. The molecule has 30 heavy (non-hydrogen) atoms. The number of halogens is 7. The monoisotopic (exact) mass is 479 g/mol. The van der Waals surface area contributed by atoms with Gasteiger partial charge in [-0.1, -0.05) is 59.1 Å². The van der Waals surface area contributed by atoms with Crippen LogP contribution in [0.1, 0.15) is 45.8 Å². The summed E-state index contributed by atoms with van der Waals surface area (Å²) in [5.41, 5.74) is 1.08. The lowest BCUT2D eigenvalue weighted by Crippen LogP contribution is -2.33. The number of alkyl halides is 4. The number of benzene rings is 2. The highest BCUT2D eigenvalue weighted by Gasteiger charge is 2.45. The summed E-state index contributed by atoms with van der Waals surface area (Å²) in [7, 11) is 0. The first-order valence-corrected chi connectivity index (χ1v) is 10.0. The van der Waals surface area contributed by atoms with E-state index in [0.717, 1.165) is 18.2 Å². The maximum absolute atomic E-state index is 13.7. The third kappa shape index (κ3) is 5.29. The molecule has 0 aliphatic heterocycles. The average Bonchev–Trinajstić information content (AvgIpc) is 3.35. The van der Waals surface area contributed by atoms with Crippen molar-refractivity contribution in [2.24, 2.45) is 0 Å². The van der Waals surface area contributed by atoms with Gasteiger partial charge in [-0.25, -0.2) is 4.39 Å². The minimum atomic E-state index is -4.59. The molecule has 0 radical (unpaired) electrons. The fraction of sp³-hybridized carbons (Fsp3) is 0.286. The number of carbonyl (C=O) groups is 1. The molecule has 0 spiro atoms. The molecule has 3 rings (SSSR count).